The van der Waals surface area contributed by atoms with Crippen molar-refractivity contribution >= 4 is 6.08 Å². The zero-order valence-electron chi connectivity index (χ0n) is 13.4. The lowest BCUT2D eigenvalue weighted by atomic mass is 10.2. The molecule has 0 bridgehead atoms. The average molecular weight is 296 g/mol. The van der Waals surface area contributed by atoms with Gasteiger partial charge in [0.25, 0.3) is 0 Å². The SMILES string of the molecule is CCCN(C/C=C/c1ccccc1OC)Cc1cccnc1. The molecule has 0 saturated carbocycles. The summed E-state index contributed by atoms with van der Waals surface area (Å²) in [6, 6.07) is 12.2. The molecule has 1 aromatic heterocycles. The van der Waals surface area contributed by atoms with Crippen molar-refractivity contribution in [1.29, 1.82) is 0 Å². The molecular formula is C19H24N2O. The standard InChI is InChI=1S/C19H24N2O/c1-3-13-21(16-17-8-6-12-20-15-17)14-7-10-18-9-4-5-11-19(18)22-2/h4-12,15H,3,13-14,16H2,1-2H3/b10-7+. The van der Waals surface area contributed by atoms with Gasteiger partial charge in [-0.15, -0.1) is 0 Å². The van der Waals surface area contributed by atoms with E-state index >= 15 is 0 Å². The van der Waals surface area contributed by atoms with Crippen molar-refractivity contribution in [1.82, 2.24) is 9.88 Å². The van der Waals surface area contributed by atoms with Gasteiger partial charge >= 0.3 is 0 Å². The molecule has 1 heterocycles. The first-order chi connectivity index (χ1) is 10.8. The van der Waals surface area contributed by atoms with Gasteiger partial charge in [-0.3, -0.25) is 9.88 Å². The molecular weight excluding hydrogens is 272 g/mol. The lowest BCUT2D eigenvalue weighted by molar-refractivity contribution is 0.295. The van der Waals surface area contributed by atoms with Gasteiger partial charge in [0.1, 0.15) is 5.75 Å². The number of benzene rings is 1. The predicted octanol–water partition coefficient (Wildman–Crippen LogP) is 4.02. The highest BCUT2D eigenvalue weighted by molar-refractivity contribution is 5.57. The van der Waals surface area contributed by atoms with E-state index in [0.29, 0.717) is 0 Å². The number of pyridine rings is 1. The fourth-order valence-electron chi connectivity index (χ4n) is 2.43. The summed E-state index contributed by atoms with van der Waals surface area (Å²) in [6.07, 6.45) is 9.22. The van der Waals surface area contributed by atoms with E-state index in [4.69, 9.17) is 4.74 Å². The van der Waals surface area contributed by atoms with E-state index in [1.807, 2.05) is 36.7 Å². The van der Waals surface area contributed by atoms with Crippen LogP contribution < -0.4 is 4.74 Å². The van der Waals surface area contributed by atoms with E-state index in [1.165, 1.54) is 5.56 Å². The number of para-hydroxylation sites is 1. The molecule has 0 unspecified atom stereocenters. The summed E-state index contributed by atoms with van der Waals surface area (Å²) in [7, 11) is 1.71. The highest BCUT2D eigenvalue weighted by atomic mass is 16.5. The van der Waals surface area contributed by atoms with Crippen LogP contribution in [0.5, 0.6) is 5.75 Å². The number of rotatable bonds is 8. The fraction of sp³-hybridized carbons (Fsp3) is 0.316. The van der Waals surface area contributed by atoms with Gasteiger partial charge in [-0.2, -0.15) is 0 Å². The Morgan fingerprint density at radius 3 is 2.77 bits per heavy atom. The molecule has 0 fully saturated rings. The molecule has 0 aliphatic heterocycles. The predicted molar refractivity (Wildman–Crippen MR) is 91.8 cm³/mol. The van der Waals surface area contributed by atoms with Crippen molar-refractivity contribution in [2.75, 3.05) is 20.2 Å². The molecule has 0 spiro atoms. The molecule has 0 N–H and O–H groups in total. The van der Waals surface area contributed by atoms with E-state index in [2.05, 4.69) is 41.1 Å². The van der Waals surface area contributed by atoms with E-state index in [9.17, 15) is 0 Å². The first-order valence-electron chi connectivity index (χ1n) is 7.74. The van der Waals surface area contributed by atoms with Crippen LogP contribution in [0.1, 0.15) is 24.5 Å². The van der Waals surface area contributed by atoms with Crippen LogP contribution >= 0.6 is 0 Å². The molecule has 2 rings (SSSR count). The van der Waals surface area contributed by atoms with Gasteiger partial charge in [-0.1, -0.05) is 43.3 Å². The third kappa shape index (κ3) is 5.01. The number of hydrogen-bond donors (Lipinski definition) is 0. The minimum absolute atomic E-state index is 0.910. The molecule has 0 amide bonds. The van der Waals surface area contributed by atoms with Gasteiger partial charge in [-0.05, 0) is 30.7 Å². The van der Waals surface area contributed by atoms with Gasteiger partial charge in [-0.25, -0.2) is 0 Å². The maximum Gasteiger partial charge on any atom is 0.126 e. The lowest BCUT2D eigenvalue weighted by Crippen LogP contribution is -2.24. The van der Waals surface area contributed by atoms with Crippen LogP contribution in [0, 0.1) is 0 Å². The van der Waals surface area contributed by atoms with Gasteiger partial charge in [0.2, 0.25) is 0 Å². The average Bonchev–Trinajstić information content (AvgIpc) is 2.56. The van der Waals surface area contributed by atoms with Gasteiger partial charge in [0.05, 0.1) is 7.11 Å². The second-order valence-electron chi connectivity index (χ2n) is 5.24. The minimum atomic E-state index is 0.910. The number of hydrogen-bond acceptors (Lipinski definition) is 3. The van der Waals surface area contributed by atoms with Crippen molar-refractivity contribution in [3.05, 3.63) is 66.0 Å². The normalized spacial score (nSPS) is 11.2. The van der Waals surface area contributed by atoms with E-state index < -0.39 is 0 Å². The molecule has 3 nitrogen and oxygen atoms in total. The zero-order chi connectivity index (χ0) is 15.6. The number of aromatic nitrogens is 1. The Kier molecular flexibility index (Phi) is 6.65. The summed E-state index contributed by atoms with van der Waals surface area (Å²) in [5, 5.41) is 0. The van der Waals surface area contributed by atoms with Crippen molar-refractivity contribution in [2.24, 2.45) is 0 Å². The molecule has 3 heteroatoms. The van der Waals surface area contributed by atoms with Gasteiger partial charge in [0, 0.05) is 31.0 Å². The van der Waals surface area contributed by atoms with Crippen LogP contribution in [-0.2, 0) is 6.54 Å². The molecule has 2 aromatic rings. The Hall–Kier alpha value is -2.13. The van der Waals surface area contributed by atoms with Crippen LogP contribution in [-0.4, -0.2) is 30.1 Å². The Labute approximate surface area is 133 Å². The van der Waals surface area contributed by atoms with Crippen LogP contribution in [0.15, 0.2) is 54.9 Å². The number of ether oxygens (including phenoxy) is 1. The highest BCUT2D eigenvalue weighted by Crippen LogP contribution is 2.18. The first-order valence-corrected chi connectivity index (χ1v) is 7.74. The summed E-state index contributed by atoms with van der Waals surface area (Å²) in [5.74, 6) is 0.910. The molecule has 0 atom stereocenters. The van der Waals surface area contributed by atoms with Crippen molar-refractivity contribution in [3.8, 4) is 5.75 Å². The second kappa shape index (κ2) is 9.00. The maximum absolute atomic E-state index is 5.37. The third-order valence-electron chi connectivity index (χ3n) is 3.47. The van der Waals surface area contributed by atoms with Crippen molar-refractivity contribution < 1.29 is 4.74 Å². The van der Waals surface area contributed by atoms with Crippen molar-refractivity contribution in [3.63, 3.8) is 0 Å². The molecule has 0 aliphatic carbocycles. The number of methoxy groups -OCH3 is 1. The van der Waals surface area contributed by atoms with Crippen molar-refractivity contribution in [2.45, 2.75) is 19.9 Å². The Morgan fingerprint density at radius 1 is 1.18 bits per heavy atom. The van der Waals surface area contributed by atoms with E-state index in [1.54, 1.807) is 7.11 Å². The van der Waals surface area contributed by atoms with Crippen LogP contribution in [0.4, 0.5) is 0 Å². The maximum atomic E-state index is 5.37. The molecule has 0 saturated heterocycles. The van der Waals surface area contributed by atoms with E-state index in [0.717, 1.165) is 37.4 Å². The fourth-order valence-corrected chi connectivity index (χ4v) is 2.43. The quantitative estimate of drug-likeness (QED) is 0.736. The first kappa shape index (κ1) is 16.2. The van der Waals surface area contributed by atoms with E-state index in [-0.39, 0.29) is 0 Å². The Balaban J connectivity index is 1.97. The minimum Gasteiger partial charge on any atom is -0.496 e. The van der Waals surface area contributed by atoms with Crippen LogP contribution in [0.3, 0.4) is 0 Å². The van der Waals surface area contributed by atoms with Crippen LogP contribution in [0.25, 0.3) is 6.08 Å². The Bertz CT molecular complexity index is 581. The summed E-state index contributed by atoms with van der Waals surface area (Å²) < 4.78 is 5.37. The number of nitrogens with zero attached hydrogens (tertiary/aromatic N) is 2. The second-order valence-corrected chi connectivity index (χ2v) is 5.24. The zero-order valence-corrected chi connectivity index (χ0v) is 13.4. The van der Waals surface area contributed by atoms with Crippen LogP contribution in [0.2, 0.25) is 0 Å². The summed E-state index contributed by atoms with van der Waals surface area (Å²) in [4.78, 5) is 6.61. The molecule has 116 valence electrons. The Morgan fingerprint density at radius 2 is 2.05 bits per heavy atom. The summed E-state index contributed by atoms with van der Waals surface area (Å²) in [6.45, 7) is 5.13. The molecule has 0 aliphatic rings. The molecule has 22 heavy (non-hydrogen) atoms. The third-order valence-corrected chi connectivity index (χ3v) is 3.47. The monoisotopic (exact) mass is 296 g/mol. The summed E-state index contributed by atoms with van der Waals surface area (Å²) >= 11 is 0. The molecule has 1 aromatic carbocycles. The highest BCUT2D eigenvalue weighted by Gasteiger charge is 2.03. The lowest BCUT2D eigenvalue weighted by Gasteiger charge is -2.19. The van der Waals surface area contributed by atoms with Gasteiger partial charge < -0.3 is 4.74 Å². The smallest absolute Gasteiger partial charge is 0.126 e. The molecule has 0 radical (unpaired) electrons. The summed E-state index contributed by atoms with van der Waals surface area (Å²) in [5.41, 5.74) is 2.37. The topological polar surface area (TPSA) is 25.4 Å². The largest absolute Gasteiger partial charge is 0.496 e. The van der Waals surface area contributed by atoms with Gasteiger partial charge in [0.15, 0.2) is 0 Å².